The second kappa shape index (κ2) is 8.27. The Hall–Kier alpha value is -3.39. The summed E-state index contributed by atoms with van der Waals surface area (Å²) in [5.74, 6) is 0.558. The first kappa shape index (κ1) is 20.5. The van der Waals surface area contributed by atoms with Crippen LogP contribution in [0.1, 0.15) is 36.6 Å². The molecule has 0 radical (unpaired) electrons. The van der Waals surface area contributed by atoms with E-state index in [1.54, 1.807) is 15.4 Å². The third-order valence-corrected chi connectivity index (χ3v) is 6.91. The fourth-order valence-corrected chi connectivity index (χ4v) is 5.23. The zero-order chi connectivity index (χ0) is 22.2. The van der Waals surface area contributed by atoms with E-state index in [-0.39, 0.29) is 30.0 Å². The highest BCUT2D eigenvalue weighted by molar-refractivity contribution is 7.99. The number of thioether (sulfide) groups is 1. The van der Waals surface area contributed by atoms with Crippen molar-refractivity contribution < 1.29 is 4.79 Å². The molecule has 1 aliphatic rings. The molecule has 0 saturated carbocycles. The lowest BCUT2D eigenvalue weighted by Crippen LogP contribution is -2.32. The van der Waals surface area contributed by atoms with Gasteiger partial charge in [-0.25, -0.2) is 9.67 Å². The van der Waals surface area contributed by atoms with Gasteiger partial charge in [0.1, 0.15) is 5.39 Å². The zero-order valence-corrected chi connectivity index (χ0v) is 18.7. The lowest BCUT2D eigenvalue weighted by atomic mass is 10.1. The summed E-state index contributed by atoms with van der Waals surface area (Å²) >= 11 is 1.50. The number of benzene rings is 2. The van der Waals surface area contributed by atoms with E-state index in [9.17, 15) is 9.59 Å². The maximum atomic E-state index is 13.3. The van der Waals surface area contributed by atoms with E-state index in [1.807, 2.05) is 68.4 Å². The molecule has 1 N–H and O–H groups in total. The number of hydrogen-bond acceptors (Lipinski definition) is 5. The number of rotatable bonds is 5. The maximum absolute atomic E-state index is 13.3. The van der Waals surface area contributed by atoms with Crippen LogP contribution in [0.15, 0.2) is 70.7 Å². The van der Waals surface area contributed by atoms with Crippen LogP contribution in [0, 0.1) is 6.92 Å². The molecule has 8 heteroatoms. The lowest BCUT2D eigenvalue weighted by molar-refractivity contribution is -0.122. The van der Waals surface area contributed by atoms with Gasteiger partial charge in [-0.3, -0.25) is 14.2 Å². The molecule has 5 rings (SSSR count). The molecule has 0 bridgehead atoms. The molecule has 2 aromatic carbocycles. The molecule has 1 aliphatic heterocycles. The van der Waals surface area contributed by atoms with Crippen molar-refractivity contribution in [2.24, 2.45) is 0 Å². The number of nitrogens with one attached hydrogen (secondary N) is 1. The molecule has 3 heterocycles. The highest BCUT2D eigenvalue weighted by atomic mass is 32.2. The first-order valence-corrected chi connectivity index (χ1v) is 11.5. The summed E-state index contributed by atoms with van der Waals surface area (Å²) in [4.78, 5) is 30.8. The molecule has 0 aliphatic carbocycles. The Morgan fingerprint density at radius 1 is 1.19 bits per heavy atom. The first-order valence-electron chi connectivity index (χ1n) is 10.6. The number of aryl methyl sites for hydroxylation is 1. The topological polar surface area (TPSA) is 81.8 Å². The minimum absolute atomic E-state index is 0.0811. The summed E-state index contributed by atoms with van der Waals surface area (Å²) < 4.78 is 3.37. The highest BCUT2D eigenvalue weighted by Crippen LogP contribution is 2.33. The number of amides is 1. The number of nitrogens with zero attached hydrogens (tertiary/aromatic N) is 4. The van der Waals surface area contributed by atoms with Gasteiger partial charge in [-0.05, 0) is 31.0 Å². The molecular formula is C24H23N5O2S. The predicted molar refractivity (Wildman–Crippen MR) is 125 cm³/mol. The van der Waals surface area contributed by atoms with Crippen LogP contribution < -0.4 is 10.9 Å². The van der Waals surface area contributed by atoms with E-state index in [0.29, 0.717) is 21.9 Å². The van der Waals surface area contributed by atoms with Crippen LogP contribution in [-0.2, 0) is 4.79 Å². The van der Waals surface area contributed by atoms with Gasteiger partial charge in [0, 0.05) is 12.2 Å². The average molecular weight is 446 g/mol. The number of aromatic nitrogens is 4. The summed E-state index contributed by atoms with van der Waals surface area (Å²) in [6.45, 7) is 3.96. The Morgan fingerprint density at radius 3 is 2.72 bits per heavy atom. The molecular weight excluding hydrogens is 422 g/mol. The van der Waals surface area contributed by atoms with Gasteiger partial charge >= 0.3 is 0 Å². The summed E-state index contributed by atoms with van der Waals surface area (Å²) in [6, 6.07) is 17.4. The lowest BCUT2D eigenvalue weighted by Gasteiger charge is -2.17. The van der Waals surface area contributed by atoms with Crippen molar-refractivity contribution in [1.29, 1.82) is 0 Å². The van der Waals surface area contributed by atoms with Crippen LogP contribution >= 0.6 is 11.8 Å². The molecule has 1 amide bonds. The SMILES string of the molecule is Cc1ccccc1-n1ncc2c(=O)n3c(nc21)SCC3CC(=O)NC(C)c1ccccc1. The van der Waals surface area contributed by atoms with Crippen molar-refractivity contribution in [3.8, 4) is 5.69 Å². The summed E-state index contributed by atoms with van der Waals surface area (Å²) in [5.41, 5.74) is 3.39. The number of carbonyl (C=O) groups is 1. The Balaban J connectivity index is 1.42. The minimum Gasteiger partial charge on any atom is -0.350 e. The van der Waals surface area contributed by atoms with Gasteiger partial charge in [-0.2, -0.15) is 5.10 Å². The van der Waals surface area contributed by atoms with Gasteiger partial charge in [0.15, 0.2) is 10.8 Å². The maximum Gasteiger partial charge on any atom is 0.265 e. The molecule has 2 atom stereocenters. The third kappa shape index (κ3) is 3.60. The van der Waals surface area contributed by atoms with Crippen LogP contribution in [0.25, 0.3) is 16.7 Å². The summed E-state index contributed by atoms with van der Waals surface area (Å²) in [7, 11) is 0. The average Bonchev–Trinajstić information content (AvgIpc) is 3.39. The summed E-state index contributed by atoms with van der Waals surface area (Å²) in [6.07, 6.45) is 1.80. The molecule has 2 aromatic heterocycles. The van der Waals surface area contributed by atoms with Crippen LogP contribution in [-0.4, -0.2) is 31.0 Å². The quantitative estimate of drug-likeness (QED) is 0.473. The van der Waals surface area contributed by atoms with Gasteiger partial charge in [0.05, 0.1) is 24.0 Å². The van der Waals surface area contributed by atoms with Crippen molar-refractivity contribution in [2.75, 3.05) is 5.75 Å². The van der Waals surface area contributed by atoms with E-state index in [0.717, 1.165) is 16.8 Å². The molecule has 0 saturated heterocycles. The fraction of sp³-hybridized carbons (Fsp3) is 0.250. The van der Waals surface area contributed by atoms with Crippen LogP contribution in [0.4, 0.5) is 0 Å². The zero-order valence-electron chi connectivity index (χ0n) is 17.9. The molecule has 32 heavy (non-hydrogen) atoms. The molecule has 0 fully saturated rings. The van der Waals surface area contributed by atoms with Crippen LogP contribution in [0.2, 0.25) is 0 Å². The van der Waals surface area contributed by atoms with Crippen molar-refractivity contribution >= 4 is 28.7 Å². The molecule has 7 nitrogen and oxygen atoms in total. The van der Waals surface area contributed by atoms with Crippen molar-refractivity contribution in [3.63, 3.8) is 0 Å². The van der Waals surface area contributed by atoms with Gasteiger partial charge in [0.25, 0.3) is 5.56 Å². The summed E-state index contributed by atoms with van der Waals surface area (Å²) in [5, 5.41) is 8.57. The fourth-order valence-electron chi connectivity index (χ4n) is 4.10. The van der Waals surface area contributed by atoms with E-state index < -0.39 is 0 Å². The molecule has 2 unspecified atom stereocenters. The number of para-hydroxylation sites is 1. The van der Waals surface area contributed by atoms with Crippen LogP contribution in [0.3, 0.4) is 0 Å². The minimum atomic E-state index is -0.232. The number of hydrogen-bond donors (Lipinski definition) is 1. The van der Waals surface area contributed by atoms with Crippen molar-refractivity contribution in [3.05, 3.63) is 82.3 Å². The highest BCUT2D eigenvalue weighted by Gasteiger charge is 2.30. The number of carbonyl (C=O) groups excluding carboxylic acids is 1. The Kier molecular flexibility index (Phi) is 5.30. The Morgan fingerprint density at radius 2 is 1.94 bits per heavy atom. The second-order valence-corrected chi connectivity index (χ2v) is 9.01. The van der Waals surface area contributed by atoms with Gasteiger partial charge in [-0.1, -0.05) is 60.3 Å². The van der Waals surface area contributed by atoms with Gasteiger partial charge < -0.3 is 5.32 Å². The van der Waals surface area contributed by atoms with Crippen LogP contribution in [0.5, 0.6) is 0 Å². The Labute approximate surface area is 189 Å². The van der Waals surface area contributed by atoms with Gasteiger partial charge in [0.2, 0.25) is 5.91 Å². The molecule has 0 spiro atoms. The van der Waals surface area contributed by atoms with E-state index in [1.165, 1.54) is 11.8 Å². The number of fused-ring (bicyclic) bond motifs is 2. The molecule has 162 valence electrons. The van der Waals surface area contributed by atoms with E-state index >= 15 is 0 Å². The second-order valence-electron chi connectivity index (χ2n) is 8.02. The van der Waals surface area contributed by atoms with Crippen molar-refractivity contribution in [2.45, 2.75) is 37.5 Å². The smallest absolute Gasteiger partial charge is 0.265 e. The molecule has 4 aromatic rings. The third-order valence-electron chi connectivity index (χ3n) is 5.81. The van der Waals surface area contributed by atoms with Gasteiger partial charge in [-0.15, -0.1) is 0 Å². The Bertz CT molecular complexity index is 1360. The van der Waals surface area contributed by atoms with E-state index in [2.05, 4.69) is 10.4 Å². The monoisotopic (exact) mass is 445 g/mol. The van der Waals surface area contributed by atoms with Crippen molar-refractivity contribution in [1.82, 2.24) is 24.6 Å². The normalized spacial score (nSPS) is 16.1. The first-order chi connectivity index (χ1) is 15.5. The van der Waals surface area contributed by atoms with E-state index in [4.69, 9.17) is 4.98 Å². The standard InChI is InChI=1S/C24H23N5O2S/c1-15-8-6-7-11-20(15)29-22-19(13-25-29)23(31)28-18(14-32-24(28)27-22)12-21(30)26-16(2)17-9-4-3-5-10-17/h3-11,13,16,18H,12,14H2,1-2H3,(H,26,30). The predicted octanol–water partition coefficient (Wildman–Crippen LogP) is 3.80. The largest absolute Gasteiger partial charge is 0.350 e.